The second-order valence-corrected chi connectivity index (χ2v) is 8.90. The Balaban J connectivity index is 1.42. The molecule has 4 nitrogen and oxygen atoms in total. The van der Waals surface area contributed by atoms with Crippen molar-refractivity contribution in [3.8, 4) is 5.75 Å². The Morgan fingerprint density at radius 3 is 2.77 bits per heavy atom. The first-order valence-electron chi connectivity index (χ1n) is 9.31. The molecule has 0 atom stereocenters. The molecule has 0 spiro atoms. The second kappa shape index (κ2) is 8.01. The average molecular weight is 390 g/mol. The summed E-state index contributed by atoms with van der Waals surface area (Å²) in [5.74, 6) is 1.96. The minimum absolute atomic E-state index is 0.100. The zero-order chi connectivity index (χ0) is 17.9. The van der Waals surface area contributed by atoms with Crippen LogP contribution in [0.3, 0.4) is 0 Å². The van der Waals surface area contributed by atoms with Crippen molar-refractivity contribution in [1.82, 2.24) is 4.90 Å². The molecule has 1 aliphatic carbocycles. The van der Waals surface area contributed by atoms with E-state index in [1.54, 1.807) is 11.3 Å². The molecule has 4 rings (SSSR count). The maximum absolute atomic E-state index is 11.9. The van der Waals surface area contributed by atoms with Gasteiger partial charge in [0.25, 0.3) is 5.24 Å². The normalized spacial score (nSPS) is 18.4. The number of hydrogen-bond acceptors (Lipinski definition) is 5. The number of imide groups is 1. The summed E-state index contributed by atoms with van der Waals surface area (Å²) in [5, 5.41) is 2.98. The number of hydrogen-bond donors (Lipinski definition) is 0. The number of ether oxygens (including phenoxy) is 1. The minimum atomic E-state index is -0.146. The highest BCUT2D eigenvalue weighted by Gasteiger charge is 2.30. The summed E-state index contributed by atoms with van der Waals surface area (Å²) in [6, 6.07) is 6.05. The molecule has 0 bridgehead atoms. The molecular formula is C20H23NO3S2. The van der Waals surface area contributed by atoms with E-state index in [2.05, 4.69) is 6.07 Å². The van der Waals surface area contributed by atoms with Crippen molar-refractivity contribution in [2.45, 2.75) is 45.1 Å². The van der Waals surface area contributed by atoms with E-state index in [-0.39, 0.29) is 16.9 Å². The van der Waals surface area contributed by atoms with Crippen molar-refractivity contribution in [2.24, 2.45) is 5.92 Å². The smallest absolute Gasteiger partial charge is 0.289 e. The number of carbonyl (C=O) groups excluding carboxylic acids is 2. The van der Waals surface area contributed by atoms with Gasteiger partial charge >= 0.3 is 0 Å². The Morgan fingerprint density at radius 2 is 2.00 bits per heavy atom. The van der Waals surface area contributed by atoms with Gasteiger partial charge in [-0.2, -0.15) is 0 Å². The maximum Gasteiger partial charge on any atom is 0.289 e. The third-order valence-electron chi connectivity index (χ3n) is 5.32. The molecule has 138 valence electrons. The van der Waals surface area contributed by atoms with Gasteiger partial charge in [-0.1, -0.05) is 43.5 Å². The summed E-state index contributed by atoms with van der Waals surface area (Å²) in [6.07, 6.45) is 7.92. The zero-order valence-electron chi connectivity index (χ0n) is 14.7. The van der Waals surface area contributed by atoms with Gasteiger partial charge in [-0.3, -0.25) is 14.5 Å². The van der Waals surface area contributed by atoms with Crippen LogP contribution in [0.2, 0.25) is 0 Å². The molecule has 0 unspecified atom stereocenters. The van der Waals surface area contributed by atoms with Gasteiger partial charge in [0.2, 0.25) is 5.91 Å². The van der Waals surface area contributed by atoms with Crippen LogP contribution in [0.25, 0.3) is 10.1 Å². The van der Waals surface area contributed by atoms with Crippen molar-refractivity contribution in [1.29, 1.82) is 0 Å². The van der Waals surface area contributed by atoms with Crippen LogP contribution in [-0.2, 0) is 11.3 Å². The molecule has 0 N–H and O–H groups in total. The van der Waals surface area contributed by atoms with E-state index in [9.17, 15) is 9.59 Å². The molecule has 0 radical (unpaired) electrons. The summed E-state index contributed by atoms with van der Waals surface area (Å²) in [4.78, 5) is 25.1. The highest BCUT2D eigenvalue weighted by atomic mass is 32.2. The lowest BCUT2D eigenvalue weighted by atomic mass is 10.0. The first-order chi connectivity index (χ1) is 12.7. The Hall–Kier alpha value is -1.53. The van der Waals surface area contributed by atoms with Crippen LogP contribution >= 0.6 is 23.1 Å². The highest BCUT2D eigenvalue weighted by molar-refractivity contribution is 8.14. The van der Waals surface area contributed by atoms with Crippen molar-refractivity contribution in [3.63, 3.8) is 0 Å². The molecule has 1 saturated carbocycles. The van der Waals surface area contributed by atoms with Crippen LogP contribution in [0.15, 0.2) is 23.6 Å². The average Bonchev–Trinajstić information content (AvgIpc) is 3.38. The van der Waals surface area contributed by atoms with Gasteiger partial charge in [-0.15, -0.1) is 11.3 Å². The first-order valence-corrected chi connectivity index (χ1v) is 11.2. The minimum Gasteiger partial charge on any atom is -0.493 e. The summed E-state index contributed by atoms with van der Waals surface area (Å²) < 4.78 is 7.17. The summed E-state index contributed by atoms with van der Waals surface area (Å²) >= 11 is 2.72. The topological polar surface area (TPSA) is 46.6 Å². The number of fused-ring (bicyclic) bond motifs is 1. The van der Waals surface area contributed by atoms with Crippen LogP contribution in [0.1, 0.15) is 44.1 Å². The van der Waals surface area contributed by atoms with E-state index >= 15 is 0 Å². The SMILES string of the molecule is O=C1CSC(=O)N1Cc1ccc(OCCCC2CCCC2)c2ccsc12. The highest BCUT2D eigenvalue weighted by Crippen LogP contribution is 2.35. The van der Waals surface area contributed by atoms with Gasteiger partial charge in [-0.25, -0.2) is 0 Å². The lowest BCUT2D eigenvalue weighted by molar-refractivity contribution is -0.124. The third kappa shape index (κ3) is 3.76. The number of nitrogens with zero attached hydrogens (tertiary/aromatic N) is 1. The number of thiophene rings is 1. The van der Waals surface area contributed by atoms with Gasteiger partial charge in [0.15, 0.2) is 0 Å². The second-order valence-electron chi connectivity index (χ2n) is 7.06. The molecule has 1 aromatic heterocycles. The third-order valence-corrected chi connectivity index (χ3v) is 7.16. The summed E-state index contributed by atoms with van der Waals surface area (Å²) in [6.45, 7) is 1.10. The first kappa shape index (κ1) is 17.9. The molecule has 1 aromatic carbocycles. The molecule has 1 saturated heterocycles. The maximum atomic E-state index is 11.9. The van der Waals surface area contributed by atoms with Gasteiger partial charge in [0.1, 0.15) is 5.75 Å². The molecule has 6 heteroatoms. The summed E-state index contributed by atoms with van der Waals surface area (Å²) in [7, 11) is 0. The Morgan fingerprint density at radius 1 is 1.15 bits per heavy atom. The van der Waals surface area contributed by atoms with Crippen molar-refractivity contribution >= 4 is 44.3 Å². The van der Waals surface area contributed by atoms with Gasteiger partial charge in [-0.05, 0) is 41.8 Å². The van der Waals surface area contributed by atoms with E-state index in [0.29, 0.717) is 6.54 Å². The van der Waals surface area contributed by atoms with E-state index in [1.165, 1.54) is 37.0 Å². The molecule has 2 amide bonds. The van der Waals surface area contributed by atoms with E-state index < -0.39 is 0 Å². The largest absolute Gasteiger partial charge is 0.493 e. The van der Waals surface area contributed by atoms with Gasteiger partial charge in [0, 0.05) is 10.1 Å². The Bertz CT molecular complexity index is 794. The molecule has 2 fully saturated rings. The Labute approximate surface area is 161 Å². The molecule has 2 aromatic rings. The van der Waals surface area contributed by atoms with Gasteiger partial charge in [0.05, 0.1) is 18.9 Å². The van der Waals surface area contributed by atoms with Crippen molar-refractivity contribution < 1.29 is 14.3 Å². The predicted molar refractivity (Wildman–Crippen MR) is 107 cm³/mol. The van der Waals surface area contributed by atoms with Crippen LogP contribution in [0, 0.1) is 5.92 Å². The Kier molecular flexibility index (Phi) is 5.50. The van der Waals surface area contributed by atoms with E-state index in [1.807, 2.05) is 17.5 Å². The van der Waals surface area contributed by atoms with Crippen LogP contribution in [0.5, 0.6) is 5.75 Å². The standard InChI is InChI=1S/C20H23NO3S2/c22-18-13-26-20(23)21(18)12-15-7-8-17(16-9-11-25-19(15)16)24-10-3-6-14-4-1-2-5-14/h7-9,11,14H,1-6,10,12-13H2. The molecule has 26 heavy (non-hydrogen) atoms. The number of amides is 2. The number of carbonyl (C=O) groups is 2. The van der Waals surface area contributed by atoms with Crippen molar-refractivity contribution in [3.05, 3.63) is 29.1 Å². The van der Waals surface area contributed by atoms with Gasteiger partial charge < -0.3 is 4.74 Å². The van der Waals surface area contributed by atoms with Crippen LogP contribution < -0.4 is 4.74 Å². The quantitative estimate of drug-likeness (QED) is 0.591. The zero-order valence-corrected chi connectivity index (χ0v) is 16.4. The lowest BCUT2D eigenvalue weighted by Crippen LogP contribution is -2.27. The van der Waals surface area contributed by atoms with E-state index in [0.717, 1.165) is 52.1 Å². The lowest BCUT2D eigenvalue weighted by Gasteiger charge is -2.15. The van der Waals surface area contributed by atoms with Crippen LogP contribution in [-0.4, -0.2) is 28.4 Å². The van der Waals surface area contributed by atoms with E-state index in [4.69, 9.17) is 4.74 Å². The van der Waals surface area contributed by atoms with Crippen LogP contribution in [0.4, 0.5) is 4.79 Å². The summed E-state index contributed by atoms with van der Waals surface area (Å²) in [5.41, 5.74) is 1.01. The number of benzene rings is 1. The number of rotatable bonds is 7. The molecule has 2 heterocycles. The fraction of sp³-hybridized carbons (Fsp3) is 0.500. The monoisotopic (exact) mass is 389 g/mol. The predicted octanol–water partition coefficient (Wildman–Crippen LogP) is 5.45. The molecule has 2 aliphatic rings. The number of thioether (sulfide) groups is 1. The fourth-order valence-electron chi connectivity index (χ4n) is 3.90. The molecule has 1 aliphatic heterocycles. The van der Waals surface area contributed by atoms with Crippen molar-refractivity contribution in [2.75, 3.05) is 12.4 Å². The molecular weight excluding hydrogens is 366 g/mol. The fourth-order valence-corrected chi connectivity index (χ4v) is 5.55.